The molecule has 0 saturated carbocycles. The van der Waals surface area contributed by atoms with Crippen LogP contribution in [0, 0.1) is 5.82 Å². The van der Waals surface area contributed by atoms with Gasteiger partial charge < -0.3 is 5.32 Å². The third kappa shape index (κ3) is 5.41. The Morgan fingerprint density at radius 2 is 1.72 bits per heavy atom. The van der Waals surface area contributed by atoms with E-state index in [1.807, 2.05) is 12.1 Å². The summed E-state index contributed by atoms with van der Waals surface area (Å²) in [6.45, 7) is 6.32. The molecule has 0 aliphatic rings. The highest BCUT2D eigenvalue weighted by Gasteiger charge is 2.14. The Morgan fingerprint density at radius 3 is 2.28 bits per heavy atom. The Morgan fingerprint density at radius 1 is 1.08 bits per heavy atom. The van der Waals surface area contributed by atoms with E-state index in [9.17, 15) is 9.18 Å². The number of amides is 1. The summed E-state index contributed by atoms with van der Waals surface area (Å²) in [7, 11) is 0. The van der Waals surface area contributed by atoms with E-state index in [1.165, 1.54) is 18.2 Å². The Labute approximate surface area is 156 Å². The fraction of sp³-hybridized carbons (Fsp3) is 0.222. The maximum absolute atomic E-state index is 13.1. The molecule has 0 atom stereocenters. The third-order valence-corrected chi connectivity index (χ3v) is 3.97. The Bertz CT molecular complexity index is 788. The lowest BCUT2D eigenvalue weighted by Gasteiger charge is -2.19. The van der Waals surface area contributed by atoms with Gasteiger partial charge in [0, 0.05) is 11.3 Å². The monoisotopic (exact) mass is 379 g/mol. The molecule has 0 aliphatic heterocycles. The normalized spacial score (nSPS) is 10.9. The van der Waals surface area contributed by atoms with Gasteiger partial charge in [0.2, 0.25) is 0 Å². The number of hydrogen-bond acceptors (Lipinski definition) is 2. The average molecular weight is 380 g/mol. The Balaban J connectivity index is 1.90. The average Bonchev–Trinajstić information content (AvgIpc) is 2.55. The first kappa shape index (κ1) is 19.1. The van der Waals surface area contributed by atoms with Gasteiger partial charge >= 0.3 is 0 Å². The van der Waals surface area contributed by atoms with Crippen LogP contribution in [0.4, 0.5) is 10.1 Å². The SMILES string of the molecule is CC(C)(C)c1ccc(C(=O)NNC(=S)Nc2ccc(F)c(Cl)c2)cc1. The van der Waals surface area contributed by atoms with Crippen molar-refractivity contribution in [3.8, 4) is 0 Å². The molecule has 2 aromatic rings. The lowest BCUT2D eigenvalue weighted by atomic mass is 9.87. The van der Waals surface area contributed by atoms with Gasteiger partial charge in [0.1, 0.15) is 5.82 Å². The molecule has 2 rings (SSSR count). The molecule has 7 heteroatoms. The van der Waals surface area contributed by atoms with Gasteiger partial charge in [-0.3, -0.25) is 15.6 Å². The van der Waals surface area contributed by atoms with E-state index in [0.29, 0.717) is 11.3 Å². The Kier molecular flexibility index (Phi) is 5.98. The molecule has 2 aromatic carbocycles. The summed E-state index contributed by atoms with van der Waals surface area (Å²) in [6.07, 6.45) is 0. The van der Waals surface area contributed by atoms with Crippen LogP contribution in [0.1, 0.15) is 36.7 Å². The first-order valence-corrected chi connectivity index (χ1v) is 8.38. The number of benzene rings is 2. The van der Waals surface area contributed by atoms with Gasteiger partial charge in [-0.05, 0) is 53.5 Å². The van der Waals surface area contributed by atoms with Crippen LogP contribution in [0.5, 0.6) is 0 Å². The quantitative estimate of drug-likeness (QED) is 0.534. The molecule has 0 radical (unpaired) electrons. The van der Waals surface area contributed by atoms with Crippen LogP contribution in [0.2, 0.25) is 5.02 Å². The molecular formula is C18H19ClFN3OS. The van der Waals surface area contributed by atoms with Crippen LogP contribution < -0.4 is 16.2 Å². The molecule has 25 heavy (non-hydrogen) atoms. The van der Waals surface area contributed by atoms with Gasteiger partial charge in [-0.2, -0.15) is 0 Å². The second kappa shape index (κ2) is 7.80. The first-order chi connectivity index (χ1) is 11.7. The second-order valence-electron chi connectivity index (χ2n) is 6.49. The van der Waals surface area contributed by atoms with E-state index in [1.54, 1.807) is 12.1 Å². The van der Waals surface area contributed by atoms with Crippen molar-refractivity contribution in [2.75, 3.05) is 5.32 Å². The molecule has 4 nitrogen and oxygen atoms in total. The standard InChI is InChI=1S/C18H19ClFN3OS/c1-18(2,3)12-6-4-11(5-7-12)16(24)22-23-17(25)21-13-8-9-15(20)14(19)10-13/h4-10H,1-3H3,(H,22,24)(H2,21,23,25). The lowest BCUT2D eigenvalue weighted by molar-refractivity contribution is 0.0944. The van der Waals surface area contributed by atoms with Gasteiger partial charge in [0.25, 0.3) is 5.91 Å². The zero-order valence-electron chi connectivity index (χ0n) is 14.1. The van der Waals surface area contributed by atoms with E-state index in [4.69, 9.17) is 23.8 Å². The molecule has 132 valence electrons. The van der Waals surface area contributed by atoms with Crippen molar-refractivity contribution < 1.29 is 9.18 Å². The summed E-state index contributed by atoms with van der Waals surface area (Å²) >= 11 is 10.8. The van der Waals surface area contributed by atoms with Crippen molar-refractivity contribution in [3.05, 3.63) is 64.4 Å². The number of hydrazine groups is 1. The number of carbonyl (C=O) groups excluding carboxylic acids is 1. The van der Waals surface area contributed by atoms with Crippen LogP contribution in [-0.2, 0) is 5.41 Å². The molecule has 0 saturated heterocycles. The number of nitrogens with one attached hydrogen (secondary N) is 3. The minimum absolute atomic E-state index is 0.0178. The van der Waals surface area contributed by atoms with E-state index < -0.39 is 5.82 Å². The summed E-state index contributed by atoms with van der Waals surface area (Å²) in [5.74, 6) is -0.833. The smallest absolute Gasteiger partial charge is 0.269 e. The number of hydrogen-bond donors (Lipinski definition) is 3. The van der Waals surface area contributed by atoms with Gasteiger partial charge in [-0.15, -0.1) is 0 Å². The van der Waals surface area contributed by atoms with Crippen molar-refractivity contribution in [2.45, 2.75) is 26.2 Å². The molecule has 0 aliphatic carbocycles. The van der Waals surface area contributed by atoms with E-state index in [0.717, 1.165) is 5.56 Å². The molecular weight excluding hydrogens is 361 g/mol. The lowest BCUT2D eigenvalue weighted by Crippen LogP contribution is -2.43. The minimum Gasteiger partial charge on any atom is -0.331 e. The van der Waals surface area contributed by atoms with Crippen LogP contribution in [0.3, 0.4) is 0 Å². The highest BCUT2D eigenvalue weighted by atomic mass is 35.5. The number of rotatable bonds is 2. The fourth-order valence-electron chi connectivity index (χ4n) is 2.04. The summed E-state index contributed by atoms with van der Waals surface area (Å²) in [5.41, 5.74) is 7.27. The minimum atomic E-state index is -0.516. The van der Waals surface area contributed by atoms with Crippen LogP contribution in [0.25, 0.3) is 0 Å². The molecule has 0 spiro atoms. The third-order valence-electron chi connectivity index (χ3n) is 3.48. The predicted molar refractivity (Wildman–Crippen MR) is 103 cm³/mol. The van der Waals surface area contributed by atoms with Gasteiger partial charge in [-0.25, -0.2) is 4.39 Å². The molecule has 0 fully saturated rings. The zero-order chi connectivity index (χ0) is 18.6. The van der Waals surface area contributed by atoms with Crippen LogP contribution in [-0.4, -0.2) is 11.0 Å². The summed E-state index contributed by atoms with van der Waals surface area (Å²) in [6, 6.07) is 11.5. The Hall–Kier alpha value is -2.18. The molecule has 0 aromatic heterocycles. The van der Waals surface area contributed by atoms with Gasteiger partial charge in [0.05, 0.1) is 5.02 Å². The first-order valence-electron chi connectivity index (χ1n) is 7.60. The summed E-state index contributed by atoms with van der Waals surface area (Å²) < 4.78 is 13.1. The van der Waals surface area contributed by atoms with Crippen LogP contribution in [0.15, 0.2) is 42.5 Å². The van der Waals surface area contributed by atoms with E-state index >= 15 is 0 Å². The molecule has 0 unspecified atom stereocenters. The molecule has 1 amide bonds. The van der Waals surface area contributed by atoms with Crippen molar-refractivity contribution >= 4 is 40.5 Å². The molecule has 3 N–H and O–H groups in total. The summed E-state index contributed by atoms with van der Waals surface area (Å²) in [4.78, 5) is 12.1. The zero-order valence-corrected chi connectivity index (χ0v) is 15.7. The topological polar surface area (TPSA) is 53.2 Å². The largest absolute Gasteiger partial charge is 0.331 e. The van der Waals surface area contributed by atoms with Crippen molar-refractivity contribution in [1.29, 1.82) is 0 Å². The van der Waals surface area contributed by atoms with Crippen molar-refractivity contribution in [2.24, 2.45) is 0 Å². The predicted octanol–water partition coefficient (Wildman–Crippen LogP) is 4.41. The van der Waals surface area contributed by atoms with E-state index in [2.05, 4.69) is 36.9 Å². The number of thiocarbonyl (C=S) groups is 1. The van der Waals surface area contributed by atoms with Gasteiger partial charge in [-0.1, -0.05) is 44.5 Å². The molecule has 0 bridgehead atoms. The van der Waals surface area contributed by atoms with Crippen LogP contribution >= 0.6 is 23.8 Å². The number of carbonyl (C=O) groups is 1. The maximum Gasteiger partial charge on any atom is 0.269 e. The molecule has 0 heterocycles. The van der Waals surface area contributed by atoms with Crippen molar-refractivity contribution in [3.63, 3.8) is 0 Å². The summed E-state index contributed by atoms with van der Waals surface area (Å²) in [5, 5.41) is 2.94. The van der Waals surface area contributed by atoms with Crippen molar-refractivity contribution in [1.82, 2.24) is 10.9 Å². The number of anilines is 1. The maximum atomic E-state index is 13.1. The highest BCUT2D eigenvalue weighted by Crippen LogP contribution is 2.22. The van der Waals surface area contributed by atoms with Gasteiger partial charge in [0.15, 0.2) is 5.11 Å². The number of halogens is 2. The van der Waals surface area contributed by atoms with E-state index in [-0.39, 0.29) is 21.5 Å². The second-order valence-corrected chi connectivity index (χ2v) is 7.30. The fourth-order valence-corrected chi connectivity index (χ4v) is 2.39. The highest BCUT2D eigenvalue weighted by molar-refractivity contribution is 7.80.